The zero-order chi connectivity index (χ0) is 17.5. The maximum absolute atomic E-state index is 13.6. The molecule has 8 heteroatoms. The fraction of sp³-hybridized carbons (Fsp3) is 0. The van der Waals surface area contributed by atoms with Crippen LogP contribution in [0, 0.1) is 17.1 Å². The van der Waals surface area contributed by atoms with Gasteiger partial charge >= 0.3 is 0 Å². The highest BCUT2D eigenvalue weighted by Crippen LogP contribution is 2.34. The van der Waals surface area contributed by atoms with Crippen molar-refractivity contribution in [1.29, 1.82) is 5.26 Å². The van der Waals surface area contributed by atoms with Gasteiger partial charge in [-0.3, -0.25) is 4.98 Å². The fourth-order valence-corrected chi connectivity index (χ4v) is 4.80. The third kappa shape index (κ3) is 2.88. The molecule has 0 radical (unpaired) electrons. The molecule has 24 heavy (non-hydrogen) atoms. The quantitative estimate of drug-likeness (QED) is 0.606. The van der Waals surface area contributed by atoms with E-state index in [-0.39, 0.29) is 15.4 Å². The molecule has 0 bridgehead atoms. The molecule has 4 nitrogen and oxygen atoms in total. The summed E-state index contributed by atoms with van der Waals surface area (Å²) in [6.45, 7) is 0. The van der Waals surface area contributed by atoms with Crippen LogP contribution in [0.15, 0.2) is 56.9 Å². The largest absolute Gasteiger partial charge is 0.255 e. The second kappa shape index (κ2) is 6.13. The number of nitrogens with zero attached hydrogens (tertiary/aromatic N) is 2. The van der Waals surface area contributed by atoms with Gasteiger partial charge in [-0.1, -0.05) is 17.7 Å². The minimum atomic E-state index is -4.06. The SMILES string of the molecule is N#Cc1cc(F)cc(S(=O)(=O)c2cnc3cc(Cl)ccc3c2Br)c1. The number of hydrogen-bond acceptors (Lipinski definition) is 4. The smallest absolute Gasteiger partial charge is 0.209 e. The van der Waals surface area contributed by atoms with Gasteiger partial charge in [0.25, 0.3) is 0 Å². The lowest BCUT2D eigenvalue weighted by Crippen LogP contribution is -2.05. The van der Waals surface area contributed by atoms with Crippen molar-refractivity contribution in [2.75, 3.05) is 0 Å². The third-order valence-corrected chi connectivity index (χ3v) is 6.43. The maximum atomic E-state index is 13.6. The van der Waals surface area contributed by atoms with E-state index in [1.807, 2.05) is 0 Å². The molecule has 1 heterocycles. The van der Waals surface area contributed by atoms with Crippen LogP contribution in [0.5, 0.6) is 0 Å². The summed E-state index contributed by atoms with van der Waals surface area (Å²) in [6, 6.07) is 9.55. The van der Waals surface area contributed by atoms with E-state index in [2.05, 4.69) is 20.9 Å². The van der Waals surface area contributed by atoms with E-state index in [4.69, 9.17) is 16.9 Å². The molecule has 0 amide bonds. The number of nitriles is 1. The molecular formula is C16H7BrClFN2O2S. The van der Waals surface area contributed by atoms with Crippen LogP contribution in [0.2, 0.25) is 5.02 Å². The van der Waals surface area contributed by atoms with Gasteiger partial charge in [-0.15, -0.1) is 0 Å². The second-order valence-corrected chi connectivity index (χ2v) is 8.04. The molecule has 0 aliphatic rings. The van der Waals surface area contributed by atoms with E-state index in [0.717, 1.165) is 18.2 Å². The molecule has 0 aliphatic carbocycles. The first-order chi connectivity index (χ1) is 11.3. The van der Waals surface area contributed by atoms with Crippen LogP contribution in [0.3, 0.4) is 0 Å². The molecule has 0 saturated carbocycles. The molecule has 0 atom stereocenters. The lowest BCUT2D eigenvalue weighted by atomic mass is 10.2. The summed E-state index contributed by atoms with van der Waals surface area (Å²) >= 11 is 9.17. The van der Waals surface area contributed by atoms with E-state index in [1.165, 1.54) is 6.20 Å². The number of aromatic nitrogens is 1. The first-order valence-corrected chi connectivity index (χ1v) is 9.18. The molecule has 0 fully saturated rings. The van der Waals surface area contributed by atoms with E-state index in [1.54, 1.807) is 24.3 Å². The Morgan fingerprint density at radius 3 is 2.67 bits per heavy atom. The van der Waals surface area contributed by atoms with Crippen molar-refractivity contribution in [3.63, 3.8) is 0 Å². The summed E-state index contributed by atoms with van der Waals surface area (Å²) in [6.07, 6.45) is 1.18. The summed E-state index contributed by atoms with van der Waals surface area (Å²) in [4.78, 5) is 3.68. The molecular weight excluding hydrogens is 419 g/mol. The van der Waals surface area contributed by atoms with E-state index in [9.17, 15) is 12.8 Å². The first kappa shape index (κ1) is 16.8. The molecule has 0 spiro atoms. The number of sulfone groups is 1. The molecule has 1 aromatic heterocycles. The Kier molecular flexibility index (Phi) is 4.30. The minimum absolute atomic E-state index is 0.0785. The van der Waals surface area contributed by atoms with Gasteiger partial charge in [0.15, 0.2) is 0 Å². The predicted molar refractivity (Wildman–Crippen MR) is 91.0 cm³/mol. The van der Waals surface area contributed by atoms with Gasteiger partial charge in [0.2, 0.25) is 9.84 Å². The Hall–Kier alpha value is -2.01. The molecule has 3 aromatic rings. The lowest BCUT2D eigenvalue weighted by molar-refractivity contribution is 0.590. The van der Waals surface area contributed by atoms with E-state index >= 15 is 0 Å². The number of halogens is 3. The topological polar surface area (TPSA) is 70.8 Å². The Labute approximate surface area is 150 Å². The second-order valence-electron chi connectivity index (χ2n) is 4.89. The highest BCUT2D eigenvalue weighted by Gasteiger charge is 2.24. The Bertz CT molecular complexity index is 1130. The van der Waals surface area contributed by atoms with Gasteiger partial charge < -0.3 is 0 Å². The normalized spacial score (nSPS) is 11.4. The van der Waals surface area contributed by atoms with Gasteiger partial charge in [0.05, 0.1) is 22.0 Å². The minimum Gasteiger partial charge on any atom is -0.255 e. The molecule has 0 aliphatic heterocycles. The Morgan fingerprint density at radius 1 is 1.21 bits per heavy atom. The van der Waals surface area contributed by atoms with Gasteiger partial charge in [0, 0.05) is 21.1 Å². The summed E-state index contributed by atoms with van der Waals surface area (Å²) in [7, 11) is -4.06. The average Bonchev–Trinajstić information content (AvgIpc) is 2.54. The standard InChI is InChI=1S/C16H7BrClFN2O2S/c17-16-13-2-1-10(18)5-14(13)21-8-15(16)24(22,23)12-4-9(7-20)3-11(19)6-12/h1-6,8H. The van der Waals surface area contributed by atoms with Crippen LogP contribution in [-0.4, -0.2) is 13.4 Å². The van der Waals surface area contributed by atoms with Crippen molar-refractivity contribution >= 4 is 48.3 Å². The zero-order valence-electron chi connectivity index (χ0n) is 11.8. The predicted octanol–water partition coefficient (Wildman–Crippen LogP) is 4.49. The number of pyridine rings is 1. The molecule has 0 N–H and O–H groups in total. The van der Waals surface area contributed by atoms with Crippen LogP contribution < -0.4 is 0 Å². The zero-order valence-corrected chi connectivity index (χ0v) is 15.0. The highest BCUT2D eigenvalue weighted by molar-refractivity contribution is 9.10. The number of benzene rings is 2. The van der Waals surface area contributed by atoms with E-state index < -0.39 is 15.7 Å². The number of rotatable bonds is 2. The van der Waals surface area contributed by atoms with E-state index in [0.29, 0.717) is 20.4 Å². The summed E-state index contributed by atoms with van der Waals surface area (Å²) in [5, 5.41) is 9.93. The number of hydrogen-bond donors (Lipinski definition) is 0. The molecule has 2 aromatic carbocycles. The monoisotopic (exact) mass is 424 g/mol. The maximum Gasteiger partial charge on any atom is 0.209 e. The average molecular weight is 426 g/mol. The molecule has 120 valence electrons. The number of fused-ring (bicyclic) bond motifs is 1. The molecule has 0 unspecified atom stereocenters. The summed E-state index contributed by atoms with van der Waals surface area (Å²) in [5.41, 5.74) is 0.440. The van der Waals surface area contributed by atoms with Crippen molar-refractivity contribution < 1.29 is 12.8 Å². The highest BCUT2D eigenvalue weighted by atomic mass is 79.9. The van der Waals surface area contributed by atoms with Crippen LogP contribution in [-0.2, 0) is 9.84 Å². The van der Waals surface area contributed by atoms with Gasteiger partial charge in [-0.25, -0.2) is 12.8 Å². The van der Waals surface area contributed by atoms with Crippen molar-refractivity contribution in [3.05, 3.63) is 63.5 Å². The van der Waals surface area contributed by atoms with Gasteiger partial charge in [-0.05, 0) is 46.3 Å². The fourth-order valence-electron chi connectivity index (χ4n) is 2.21. The van der Waals surface area contributed by atoms with Crippen LogP contribution in [0.1, 0.15) is 5.56 Å². The van der Waals surface area contributed by atoms with Crippen molar-refractivity contribution in [3.8, 4) is 6.07 Å². The van der Waals surface area contributed by atoms with Crippen molar-refractivity contribution in [2.24, 2.45) is 0 Å². The summed E-state index contributed by atoms with van der Waals surface area (Å²) in [5.74, 6) is -0.802. The van der Waals surface area contributed by atoms with Crippen LogP contribution >= 0.6 is 27.5 Å². The van der Waals surface area contributed by atoms with Gasteiger partial charge in [-0.2, -0.15) is 5.26 Å². The Morgan fingerprint density at radius 2 is 1.96 bits per heavy atom. The van der Waals surface area contributed by atoms with Gasteiger partial charge in [0.1, 0.15) is 10.7 Å². The Balaban J connectivity index is 2.26. The van der Waals surface area contributed by atoms with Crippen molar-refractivity contribution in [1.82, 2.24) is 4.98 Å². The van der Waals surface area contributed by atoms with Crippen LogP contribution in [0.25, 0.3) is 10.9 Å². The molecule has 3 rings (SSSR count). The first-order valence-electron chi connectivity index (χ1n) is 6.52. The molecule has 0 saturated heterocycles. The third-order valence-electron chi connectivity index (χ3n) is 3.33. The van der Waals surface area contributed by atoms with Crippen LogP contribution in [0.4, 0.5) is 4.39 Å². The summed E-state index contributed by atoms with van der Waals surface area (Å²) < 4.78 is 39.5. The lowest BCUT2D eigenvalue weighted by Gasteiger charge is -2.09. The van der Waals surface area contributed by atoms with Crippen molar-refractivity contribution in [2.45, 2.75) is 9.79 Å².